The van der Waals surface area contributed by atoms with E-state index < -0.39 is 0 Å². The van der Waals surface area contributed by atoms with Gasteiger partial charge in [0.25, 0.3) is 0 Å². The Labute approximate surface area is 139 Å². The number of H-pyrrole nitrogens is 1. The molecule has 120 valence electrons. The molecular weight excluding hydrogens is 300 g/mol. The van der Waals surface area contributed by atoms with Crippen LogP contribution in [0.15, 0.2) is 70.5 Å². The Bertz CT molecular complexity index is 910. The normalized spacial score (nSPS) is 13.1. The lowest BCUT2D eigenvalue weighted by molar-refractivity contribution is 0.750. The highest BCUT2D eigenvalue weighted by Gasteiger charge is 2.21. The van der Waals surface area contributed by atoms with Crippen LogP contribution in [0.25, 0.3) is 0 Å². The summed E-state index contributed by atoms with van der Waals surface area (Å²) in [7, 11) is 0. The Balaban J connectivity index is 1.66. The number of aromatic amines is 1. The number of hydrogen-bond donors (Lipinski definition) is 1. The van der Waals surface area contributed by atoms with Crippen LogP contribution < -0.4 is 10.6 Å². The molecule has 2 heterocycles. The lowest BCUT2D eigenvalue weighted by Gasteiger charge is -2.24. The summed E-state index contributed by atoms with van der Waals surface area (Å²) in [4.78, 5) is 21.9. The number of nitrogens with zero attached hydrogens (tertiary/aromatic N) is 3. The van der Waals surface area contributed by atoms with Gasteiger partial charge in [-0.25, -0.2) is 4.79 Å². The average molecular weight is 318 g/mol. The van der Waals surface area contributed by atoms with E-state index in [1.165, 1.54) is 5.56 Å². The molecule has 0 saturated heterocycles. The second-order valence-corrected chi connectivity index (χ2v) is 5.87. The predicted molar refractivity (Wildman–Crippen MR) is 95.7 cm³/mol. The van der Waals surface area contributed by atoms with Gasteiger partial charge in [0.05, 0.1) is 12.8 Å². The molecule has 1 aliphatic heterocycles. The van der Waals surface area contributed by atoms with Crippen molar-refractivity contribution in [1.29, 1.82) is 0 Å². The SMILES string of the molecule is O=c1[nH]c2c(n1Cc1ccccc1)C=NCN2Cc1ccccc1. The summed E-state index contributed by atoms with van der Waals surface area (Å²) in [5, 5.41) is 0. The number of hydrogen-bond acceptors (Lipinski definition) is 3. The van der Waals surface area contributed by atoms with Gasteiger partial charge in [-0.3, -0.25) is 14.5 Å². The van der Waals surface area contributed by atoms with E-state index in [4.69, 9.17) is 0 Å². The molecule has 2 aromatic carbocycles. The first-order valence-electron chi connectivity index (χ1n) is 7.97. The molecular formula is C19H18N4O. The van der Waals surface area contributed by atoms with Crippen LogP contribution in [0.1, 0.15) is 16.8 Å². The summed E-state index contributed by atoms with van der Waals surface area (Å²) in [5.41, 5.74) is 3.02. The van der Waals surface area contributed by atoms with E-state index in [-0.39, 0.29) is 5.69 Å². The zero-order valence-electron chi connectivity index (χ0n) is 13.2. The number of anilines is 1. The number of nitrogens with one attached hydrogen (secondary N) is 1. The maximum atomic E-state index is 12.4. The van der Waals surface area contributed by atoms with Crippen molar-refractivity contribution in [3.05, 3.63) is 88.0 Å². The van der Waals surface area contributed by atoms with Crippen LogP contribution in [0.2, 0.25) is 0 Å². The van der Waals surface area contributed by atoms with Crippen molar-refractivity contribution in [3.63, 3.8) is 0 Å². The standard InChI is InChI=1S/C19H18N4O/c24-19-21-18-17(23(19)13-16-9-5-2-6-10-16)11-20-14-22(18)12-15-7-3-1-4-8-15/h1-11H,12-14H2,(H,21,24). The quantitative estimate of drug-likeness (QED) is 0.804. The topological polar surface area (TPSA) is 53.4 Å². The van der Waals surface area contributed by atoms with Crippen LogP contribution in [-0.2, 0) is 13.1 Å². The maximum Gasteiger partial charge on any atom is 0.327 e. The molecule has 0 bridgehead atoms. The van der Waals surface area contributed by atoms with Crippen molar-refractivity contribution >= 4 is 12.0 Å². The number of benzene rings is 2. The highest BCUT2D eigenvalue weighted by Crippen LogP contribution is 2.21. The minimum absolute atomic E-state index is 0.102. The van der Waals surface area contributed by atoms with E-state index in [9.17, 15) is 4.79 Å². The van der Waals surface area contributed by atoms with Gasteiger partial charge >= 0.3 is 5.69 Å². The fourth-order valence-corrected chi connectivity index (χ4v) is 2.99. The molecule has 0 fully saturated rings. The summed E-state index contributed by atoms with van der Waals surface area (Å²) in [6.07, 6.45) is 1.79. The van der Waals surface area contributed by atoms with Crippen molar-refractivity contribution in [2.75, 3.05) is 11.6 Å². The van der Waals surface area contributed by atoms with Crippen molar-refractivity contribution in [2.24, 2.45) is 4.99 Å². The monoisotopic (exact) mass is 318 g/mol. The Hall–Kier alpha value is -3.08. The Morgan fingerprint density at radius 3 is 2.21 bits per heavy atom. The molecule has 0 unspecified atom stereocenters. The number of aliphatic imine (C=N–C) groups is 1. The highest BCUT2D eigenvalue weighted by molar-refractivity contribution is 5.86. The van der Waals surface area contributed by atoms with Gasteiger partial charge in [0.1, 0.15) is 18.2 Å². The third kappa shape index (κ3) is 2.76. The third-order valence-corrected chi connectivity index (χ3v) is 4.19. The number of rotatable bonds is 4. The van der Waals surface area contributed by atoms with E-state index in [1.54, 1.807) is 10.8 Å². The number of fused-ring (bicyclic) bond motifs is 1. The highest BCUT2D eigenvalue weighted by atomic mass is 16.1. The van der Waals surface area contributed by atoms with Crippen LogP contribution in [-0.4, -0.2) is 22.4 Å². The fourth-order valence-electron chi connectivity index (χ4n) is 2.99. The summed E-state index contributed by atoms with van der Waals surface area (Å²) in [5.74, 6) is 0.842. The first-order chi connectivity index (χ1) is 11.8. The van der Waals surface area contributed by atoms with Crippen LogP contribution in [0, 0.1) is 0 Å². The average Bonchev–Trinajstić information content (AvgIpc) is 2.94. The smallest absolute Gasteiger partial charge is 0.327 e. The van der Waals surface area contributed by atoms with Gasteiger partial charge in [-0.2, -0.15) is 0 Å². The molecule has 0 radical (unpaired) electrons. The van der Waals surface area contributed by atoms with E-state index in [0.717, 1.165) is 23.6 Å². The lowest BCUT2D eigenvalue weighted by Crippen LogP contribution is -2.27. The Morgan fingerprint density at radius 1 is 0.917 bits per heavy atom. The molecule has 0 atom stereocenters. The summed E-state index contributed by atoms with van der Waals surface area (Å²) in [6.45, 7) is 1.81. The molecule has 1 N–H and O–H groups in total. The zero-order valence-corrected chi connectivity index (χ0v) is 13.2. The number of aromatic nitrogens is 2. The molecule has 0 amide bonds. The third-order valence-electron chi connectivity index (χ3n) is 4.19. The van der Waals surface area contributed by atoms with Crippen LogP contribution in [0.5, 0.6) is 0 Å². The summed E-state index contributed by atoms with van der Waals surface area (Å²) >= 11 is 0. The molecule has 0 spiro atoms. The largest absolute Gasteiger partial charge is 0.332 e. The lowest BCUT2D eigenvalue weighted by atomic mass is 10.2. The Kier molecular flexibility index (Phi) is 3.75. The molecule has 0 saturated carbocycles. The maximum absolute atomic E-state index is 12.4. The van der Waals surface area contributed by atoms with Gasteiger partial charge in [-0.1, -0.05) is 60.7 Å². The minimum atomic E-state index is -0.102. The first kappa shape index (κ1) is 14.5. The number of imidazole rings is 1. The minimum Gasteiger partial charge on any atom is -0.332 e. The van der Waals surface area contributed by atoms with E-state index in [0.29, 0.717) is 13.2 Å². The van der Waals surface area contributed by atoms with E-state index in [2.05, 4.69) is 27.0 Å². The van der Waals surface area contributed by atoms with Crippen LogP contribution >= 0.6 is 0 Å². The van der Waals surface area contributed by atoms with Crippen molar-refractivity contribution < 1.29 is 0 Å². The first-order valence-corrected chi connectivity index (χ1v) is 7.97. The van der Waals surface area contributed by atoms with Gasteiger partial charge < -0.3 is 4.90 Å². The molecule has 3 aromatic rings. The molecule has 1 aliphatic rings. The van der Waals surface area contributed by atoms with Gasteiger partial charge in [0.2, 0.25) is 0 Å². The van der Waals surface area contributed by atoms with Crippen molar-refractivity contribution in [1.82, 2.24) is 9.55 Å². The molecule has 5 heteroatoms. The van der Waals surface area contributed by atoms with E-state index in [1.807, 2.05) is 48.5 Å². The summed E-state index contributed by atoms with van der Waals surface area (Å²) in [6, 6.07) is 20.2. The fraction of sp³-hybridized carbons (Fsp3) is 0.158. The van der Waals surface area contributed by atoms with Crippen LogP contribution in [0.3, 0.4) is 0 Å². The van der Waals surface area contributed by atoms with Gasteiger partial charge in [0.15, 0.2) is 0 Å². The van der Waals surface area contributed by atoms with Crippen LogP contribution in [0.4, 0.5) is 5.82 Å². The second kappa shape index (κ2) is 6.20. The zero-order chi connectivity index (χ0) is 16.4. The molecule has 0 aliphatic carbocycles. The van der Waals surface area contributed by atoms with Gasteiger partial charge in [-0.05, 0) is 11.1 Å². The second-order valence-electron chi connectivity index (χ2n) is 5.87. The van der Waals surface area contributed by atoms with Crippen molar-refractivity contribution in [3.8, 4) is 0 Å². The van der Waals surface area contributed by atoms with Gasteiger partial charge in [-0.15, -0.1) is 0 Å². The Morgan fingerprint density at radius 2 is 1.54 bits per heavy atom. The molecule has 24 heavy (non-hydrogen) atoms. The summed E-state index contributed by atoms with van der Waals surface area (Å²) < 4.78 is 1.74. The van der Waals surface area contributed by atoms with Gasteiger partial charge in [0, 0.05) is 6.54 Å². The van der Waals surface area contributed by atoms with E-state index >= 15 is 0 Å². The molecule has 4 rings (SSSR count). The predicted octanol–water partition coefficient (Wildman–Crippen LogP) is 2.62. The molecule has 5 nitrogen and oxygen atoms in total. The van der Waals surface area contributed by atoms with Crippen molar-refractivity contribution in [2.45, 2.75) is 13.1 Å². The molecule has 1 aromatic heterocycles.